The standard InChI is InChI=1S/C22H28FN3S/c23-18-6-3-7-19(13-18)24-22(27)26-10-4-5-15-11-16-12-17(21(15)26)14-25-9-2-1-8-20(16)25/h3,6-7,11,13,16-17,20-21H,1-2,4-5,8-10,12,14H2,(H,24,27)/t16?,17?,20-,21-/m1/s1. The van der Waals surface area contributed by atoms with Crippen molar-refractivity contribution in [1.29, 1.82) is 0 Å². The van der Waals surface area contributed by atoms with E-state index in [1.165, 1.54) is 57.3 Å². The molecule has 1 N–H and O–H groups in total. The Morgan fingerprint density at radius 2 is 2.11 bits per heavy atom. The molecule has 0 spiro atoms. The first-order valence-electron chi connectivity index (χ1n) is 10.5. The van der Waals surface area contributed by atoms with Gasteiger partial charge in [-0.1, -0.05) is 24.1 Å². The summed E-state index contributed by atoms with van der Waals surface area (Å²) in [6.45, 7) is 3.47. The van der Waals surface area contributed by atoms with Crippen LogP contribution in [-0.4, -0.2) is 46.6 Å². The summed E-state index contributed by atoms with van der Waals surface area (Å²) >= 11 is 5.78. The minimum atomic E-state index is -0.231. The van der Waals surface area contributed by atoms with Crippen LogP contribution in [0.2, 0.25) is 0 Å². The van der Waals surface area contributed by atoms with E-state index in [9.17, 15) is 4.39 Å². The fourth-order valence-electron chi connectivity index (χ4n) is 5.96. The van der Waals surface area contributed by atoms with Crippen LogP contribution in [-0.2, 0) is 0 Å². The van der Waals surface area contributed by atoms with Gasteiger partial charge in [-0.2, -0.15) is 0 Å². The fraction of sp³-hybridized carbons (Fsp3) is 0.591. The van der Waals surface area contributed by atoms with Crippen molar-refractivity contribution in [3.63, 3.8) is 0 Å². The number of nitrogens with zero attached hydrogens (tertiary/aromatic N) is 2. The van der Waals surface area contributed by atoms with Gasteiger partial charge in [-0.3, -0.25) is 4.90 Å². The van der Waals surface area contributed by atoms with E-state index in [-0.39, 0.29) is 5.82 Å². The number of fused-ring (bicyclic) bond motifs is 6. The smallest absolute Gasteiger partial charge is 0.173 e. The summed E-state index contributed by atoms with van der Waals surface area (Å²) in [5.74, 6) is 1.17. The molecule has 5 rings (SSSR count). The van der Waals surface area contributed by atoms with Crippen LogP contribution in [0.25, 0.3) is 0 Å². The lowest BCUT2D eigenvalue weighted by Gasteiger charge is -2.55. The van der Waals surface area contributed by atoms with Gasteiger partial charge in [0.25, 0.3) is 0 Å². The van der Waals surface area contributed by atoms with Crippen molar-refractivity contribution in [3.8, 4) is 0 Å². The molecule has 0 saturated carbocycles. The Labute approximate surface area is 166 Å². The zero-order chi connectivity index (χ0) is 18.4. The van der Waals surface area contributed by atoms with Crippen molar-refractivity contribution >= 4 is 23.0 Å². The molecule has 5 heteroatoms. The highest BCUT2D eigenvalue weighted by molar-refractivity contribution is 7.80. The molecular formula is C22H28FN3S. The Hall–Kier alpha value is -1.46. The number of nitrogens with one attached hydrogen (secondary N) is 1. The second-order valence-electron chi connectivity index (χ2n) is 8.64. The van der Waals surface area contributed by atoms with Gasteiger partial charge in [0.15, 0.2) is 5.11 Å². The van der Waals surface area contributed by atoms with Crippen LogP contribution in [0.5, 0.6) is 0 Å². The molecule has 1 aliphatic carbocycles. The second-order valence-corrected chi connectivity index (χ2v) is 9.03. The summed E-state index contributed by atoms with van der Waals surface area (Å²) in [6.07, 6.45) is 10.4. The van der Waals surface area contributed by atoms with Crippen molar-refractivity contribution in [2.24, 2.45) is 11.8 Å². The predicted octanol–water partition coefficient (Wildman–Crippen LogP) is 4.42. The number of thiocarbonyl (C=S) groups is 1. The first-order chi connectivity index (χ1) is 13.2. The van der Waals surface area contributed by atoms with Crippen LogP contribution in [0.1, 0.15) is 38.5 Å². The lowest BCUT2D eigenvalue weighted by Crippen LogP contribution is -2.60. The number of benzene rings is 1. The summed E-state index contributed by atoms with van der Waals surface area (Å²) < 4.78 is 13.5. The monoisotopic (exact) mass is 385 g/mol. The molecule has 0 radical (unpaired) electrons. The summed E-state index contributed by atoms with van der Waals surface area (Å²) in [6, 6.07) is 7.79. The highest BCUT2D eigenvalue weighted by atomic mass is 32.1. The summed E-state index contributed by atoms with van der Waals surface area (Å²) in [7, 11) is 0. The third-order valence-corrected chi connectivity index (χ3v) is 7.33. The maximum Gasteiger partial charge on any atom is 0.173 e. The van der Waals surface area contributed by atoms with Gasteiger partial charge in [0.1, 0.15) is 5.82 Å². The van der Waals surface area contributed by atoms with Crippen molar-refractivity contribution in [3.05, 3.63) is 41.7 Å². The van der Waals surface area contributed by atoms with E-state index >= 15 is 0 Å². The summed E-state index contributed by atoms with van der Waals surface area (Å²) in [5, 5.41) is 4.04. The van der Waals surface area contributed by atoms with E-state index in [0.717, 1.165) is 35.7 Å². The van der Waals surface area contributed by atoms with Gasteiger partial charge in [0.2, 0.25) is 0 Å². The molecule has 4 atom stereocenters. The Kier molecular flexibility index (Phi) is 4.68. The molecule has 3 aliphatic heterocycles. The SMILES string of the molecule is Fc1cccc(NC(=S)N2CCCC3=CC4CC(CN5CCCC[C@H]45)[C@@H]32)c1. The highest BCUT2D eigenvalue weighted by Gasteiger charge is 2.46. The summed E-state index contributed by atoms with van der Waals surface area (Å²) in [4.78, 5) is 5.15. The number of halogens is 1. The third kappa shape index (κ3) is 3.29. The van der Waals surface area contributed by atoms with Crippen molar-refractivity contribution in [1.82, 2.24) is 9.80 Å². The van der Waals surface area contributed by atoms with Gasteiger partial charge in [-0.15, -0.1) is 0 Å². The van der Waals surface area contributed by atoms with Gasteiger partial charge in [-0.05, 0) is 80.9 Å². The van der Waals surface area contributed by atoms with E-state index in [0.29, 0.717) is 12.0 Å². The summed E-state index contributed by atoms with van der Waals surface area (Å²) in [5.41, 5.74) is 2.35. The van der Waals surface area contributed by atoms with E-state index in [1.807, 2.05) is 6.07 Å². The number of likely N-dealkylation sites (tertiary alicyclic amines) is 1. The van der Waals surface area contributed by atoms with Crippen LogP contribution in [0.3, 0.4) is 0 Å². The topological polar surface area (TPSA) is 18.5 Å². The maximum atomic E-state index is 13.5. The Bertz CT molecular complexity index is 764. The molecule has 3 fully saturated rings. The molecule has 4 aliphatic rings. The van der Waals surface area contributed by atoms with Crippen LogP contribution < -0.4 is 5.32 Å². The Morgan fingerprint density at radius 1 is 1.19 bits per heavy atom. The molecule has 1 aromatic carbocycles. The van der Waals surface area contributed by atoms with E-state index < -0.39 is 0 Å². The normalized spacial score (nSPS) is 32.9. The number of anilines is 1. The molecule has 144 valence electrons. The molecule has 3 heterocycles. The number of hydrogen-bond donors (Lipinski definition) is 1. The molecule has 2 bridgehead atoms. The van der Waals surface area contributed by atoms with Gasteiger partial charge in [0, 0.05) is 24.8 Å². The second kappa shape index (κ2) is 7.17. The highest BCUT2D eigenvalue weighted by Crippen LogP contribution is 2.45. The predicted molar refractivity (Wildman–Crippen MR) is 111 cm³/mol. The number of rotatable bonds is 1. The zero-order valence-corrected chi connectivity index (χ0v) is 16.6. The van der Waals surface area contributed by atoms with Crippen molar-refractivity contribution < 1.29 is 4.39 Å². The molecule has 3 nitrogen and oxygen atoms in total. The van der Waals surface area contributed by atoms with Crippen molar-refractivity contribution in [2.45, 2.75) is 50.6 Å². The van der Waals surface area contributed by atoms with Gasteiger partial charge in [-0.25, -0.2) is 4.39 Å². The van der Waals surface area contributed by atoms with Crippen molar-refractivity contribution in [2.75, 3.05) is 25.0 Å². The quantitative estimate of drug-likeness (QED) is 0.570. The third-order valence-electron chi connectivity index (χ3n) is 6.99. The van der Waals surface area contributed by atoms with Crippen LogP contribution in [0, 0.1) is 17.7 Å². The first-order valence-corrected chi connectivity index (χ1v) is 10.9. The zero-order valence-electron chi connectivity index (χ0n) is 15.7. The molecule has 3 saturated heterocycles. The average Bonchev–Trinajstić information content (AvgIpc) is 2.67. The Balaban J connectivity index is 1.39. The molecule has 2 unspecified atom stereocenters. The van der Waals surface area contributed by atoms with Crippen LogP contribution >= 0.6 is 12.2 Å². The van der Waals surface area contributed by atoms with Gasteiger partial charge >= 0.3 is 0 Å². The number of piperidine rings is 3. The minimum absolute atomic E-state index is 0.231. The van der Waals surface area contributed by atoms with E-state index in [4.69, 9.17) is 12.2 Å². The lowest BCUT2D eigenvalue weighted by atomic mass is 9.68. The molecule has 0 amide bonds. The molecule has 27 heavy (non-hydrogen) atoms. The first kappa shape index (κ1) is 17.6. The maximum absolute atomic E-state index is 13.5. The van der Waals surface area contributed by atoms with Crippen LogP contribution in [0.4, 0.5) is 10.1 Å². The molecule has 0 aromatic heterocycles. The molecular weight excluding hydrogens is 357 g/mol. The number of hydrogen-bond acceptors (Lipinski definition) is 2. The average molecular weight is 386 g/mol. The largest absolute Gasteiger partial charge is 0.342 e. The van der Waals surface area contributed by atoms with Crippen LogP contribution in [0.15, 0.2) is 35.9 Å². The minimum Gasteiger partial charge on any atom is -0.342 e. The van der Waals surface area contributed by atoms with Gasteiger partial charge in [0.05, 0.1) is 6.04 Å². The van der Waals surface area contributed by atoms with E-state index in [2.05, 4.69) is 21.2 Å². The van der Waals surface area contributed by atoms with Gasteiger partial charge < -0.3 is 10.2 Å². The lowest BCUT2D eigenvalue weighted by molar-refractivity contribution is 0.0132. The van der Waals surface area contributed by atoms with E-state index in [1.54, 1.807) is 11.6 Å². The fourth-order valence-corrected chi connectivity index (χ4v) is 6.29. The molecule has 1 aromatic rings. The Morgan fingerprint density at radius 3 is 3.00 bits per heavy atom.